The van der Waals surface area contributed by atoms with Gasteiger partial charge in [-0.3, -0.25) is 0 Å². The molecule has 0 saturated heterocycles. The SMILES string of the molecule is CCOCCCOc1ccc(F)cc1C#CCN. The van der Waals surface area contributed by atoms with E-state index in [-0.39, 0.29) is 12.4 Å². The maximum absolute atomic E-state index is 13.1. The Kier molecular flexibility index (Phi) is 6.85. The molecule has 4 heteroatoms. The highest BCUT2D eigenvalue weighted by atomic mass is 19.1. The normalized spacial score (nSPS) is 9.72. The Morgan fingerprint density at radius 2 is 2.17 bits per heavy atom. The molecular weight excluding hydrogens is 233 g/mol. The summed E-state index contributed by atoms with van der Waals surface area (Å²) in [5.41, 5.74) is 5.82. The van der Waals surface area contributed by atoms with E-state index in [9.17, 15) is 4.39 Å². The van der Waals surface area contributed by atoms with Crippen LogP contribution >= 0.6 is 0 Å². The highest BCUT2D eigenvalue weighted by Gasteiger charge is 2.03. The minimum absolute atomic E-state index is 0.236. The van der Waals surface area contributed by atoms with E-state index in [1.54, 1.807) is 6.07 Å². The van der Waals surface area contributed by atoms with Crippen LogP contribution in [0, 0.1) is 17.7 Å². The molecule has 98 valence electrons. The van der Waals surface area contributed by atoms with Gasteiger partial charge in [0.05, 0.1) is 18.7 Å². The van der Waals surface area contributed by atoms with E-state index in [1.165, 1.54) is 12.1 Å². The third-order valence-electron chi connectivity index (χ3n) is 2.16. The van der Waals surface area contributed by atoms with E-state index >= 15 is 0 Å². The Morgan fingerprint density at radius 3 is 2.89 bits per heavy atom. The molecular formula is C14H18FNO2. The molecule has 1 rings (SSSR count). The second kappa shape index (κ2) is 8.51. The van der Waals surface area contributed by atoms with Crippen LogP contribution < -0.4 is 10.5 Å². The summed E-state index contributed by atoms with van der Waals surface area (Å²) in [6.45, 7) is 4.05. The van der Waals surface area contributed by atoms with Crippen LogP contribution in [0.2, 0.25) is 0 Å². The predicted octanol–water partition coefficient (Wildman–Crippen LogP) is 1.94. The maximum atomic E-state index is 13.1. The van der Waals surface area contributed by atoms with Crippen LogP contribution in [0.4, 0.5) is 4.39 Å². The van der Waals surface area contributed by atoms with E-state index in [0.717, 1.165) is 6.42 Å². The van der Waals surface area contributed by atoms with Gasteiger partial charge in [-0.25, -0.2) is 4.39 Å². The molecule has 0 aliphatic carbocycles. The van der Waals surface area contributed by atoms with Gasteiger partial charge in [-0.15, -0.1) is 0 Å². The molecule has 0 fully saturated rings. The summed E-state index contributed by atoms with van der Waals surface area (Å²) < 4.78 is 23.8. The highest BCUT2D eigenvalue weighted by molar-refractivity contribution is 5.46. The molecule has 3 nitrogen and oxygen atoms in total. The van der Waals surface area contributed by atoms with Crippen LogP contribution in [0.1, 0.15) is 18.9 Å². The van der Waals surface area contributed by atoms with Gasteiger partial charge in [0.1, 0.15) is 11.6 Å². The summed E-state index contributed by atoms with van der Waals surface area (Å²) in [5.74, 6) is 5.73. The lowest BCUT2D eigenvalue weighted by atomic mass is 10.2. The van der Waals surface area contributed by atoms with Crippen LogP contribution in [-0.4, -0.2) is 26.4 Å². The fourth-order valence-corrected chi connectivity index (χ4v) is 1.36. The number of hydrogen-bond acceptors (Lipinski definition) is 3. The Labute approximate surface area is 107 Å². The quantitative estimate of drug-likeness (QED) is 0.620. The third kappa shape index (κ3) is 5.17. The van der Waals surface area contributed by atoms with Gasteiger partial charge in [-0.05, 0) is 25.1 Å². The molecule has 0 bridgehead atoms. The molecule has 2 N–H and O–H groups in total. The number of benzene rings is 1. The molecule has 0 aliphatic rings. The van der Waals surface area contributed by atoms with E-state index in [2.05, 4.69) is 11.8 Å². The summed E-state index contributed by atoms with van der Waals surface area (Å²) in [5, 5.41) is 0. The molecule has 0 radical (unpaired) electrons. The van der Waals surface area contributed by atoms with E-state index in [4.69, 9.17) is 15.2 Å². The first kappa shape index (κ1) is 14.5. The lowest BCUT2D eigenvalue weighted by Gasteiger charge is -2.08. The maximum Gasteiger partial charge on any atom is 0.135 e. The summed E-state index contributed by atoms with van der Waals surface area (Å²) in [6, 6.07) is 4.28. The number of rotatable bonds is 6. The third-order valence-corrected chi connectivity index (χ3v) is 2.16. The number of halogens is 1. The van der Waals surface area contributed by atoms with Crippen molar-refractivity contribution < 1.29 is 13.9 Å². The topological polar surface area (TPSA) is 44.5 Å². The fourth-order valence-electron chi connectivity index (χ4n) is 1.36. The lowest BCUT2D eigenvalue weighted by molar-refractivity contribution is 0.131. The molecule has 1 aromatic carbocycles. The van der Waals surface area contributed by atoms with Gasteiger partial charge in [0.2, 0.25) is 0 Å². The molecule has 18 heavy (non-hydrogen) atoms. The minimum atomic E-state index is -0.335. The van der Waals surface area contributed by atoms with Gasteiger partial charge in [-0.2, -0.15) is 0 Å². The zero-order valence-corrected chi connectivity index (χ0v) is 10.5. The molecule has 0 unspecified atom stereocenters. The van der Waals surface area contributed by atoms with Gasteiger partial charge in [0, 0.05) is 19.6 Å². The van der Waals surface area contributed by atoms with Gasteiger partial charge in [-0.1, -0.05) is 11.8 Å². The predicted molar refractivity (Wildman–Crippen MR) is 68.9 cm³/mol. The van der Waals surface area contributed by atoms with Crippen LogP contribution in [0.5, 0.6) is 5.75 Å². The van der Waals surface area contributed by atoms with Crippen LogP contribution in [-0.2, 0) is 4.74 Å². The molecule has 0 atom stereocenters. The van der Waals surface area contributed by atoms with Crippen molar-refractivity contribution in [2.24, 2.45) is 5.73 Å². The molecule has 0 spiro atoms. The first-order valence-electron chi connectivity index (χ1n) is 5.97. The van der Waals surface area contributed by atoms with Crippen molar-refractivity contribution in [3.05, 3.63) is 29.6 Å². The average molecular weight is 251 g/mol. The first-order valence-corrected chi connectivity index (χ1v) is 5.97. The van der Waals surface area contributed by atoms with Gasteiger partial charge >= 0.3 is 0 Å². The largest absolute Gasteiger partial charge is 0.492 e. The van der Waals surface area contributed by atoms with E-state index in [0.29, 0.717) is 31.1 Å². The number of hydrogen-bond donors (Lipinski definition) is 1. The Hall–Kier alpha value is -1.57. The zero-order valence-electron chi connectivity index (χ0n) is 10.5. The Morgan fingerprint density at radius 1 is 1.33 bits per heavy atom. The lowest BCUT2D eigenvalue weighted by Crippen LogP contribution is -2.04. The van der Waals surface area contributed by atoms with Crippen molar-refractivity contribution in [1.29, 1.82) is 0 Å². The van der Waals surface area contributed by atoms with E-state index in [1.807, 2.05) is 6.92 Å². The van der Waals surface area contributed by atoms with Crippen molar-refractivity contribution >= 4 is 0 Å². The second-order valence-electron chi connectivity index (χ2n) is 3.55. The summed E-state index contributed by atoms with van der Waals surface area (Å²) >= 11 is 0. The smallest absolute Gasteiger partial charge is 0.135 e. The summed E-state index contributed by atoms with van der Waals surface area (Å²) in [4.78, 5) is 0. The minimum Gasteiger partial charge on any atom is -0.492 e. The van der Waals surface area contributed by atoms with Gasteiger partial charge in [0.15, 0.2) is 0 Å². The van der Waals surface area contributed by atoms with Crippen molar-refractivity contribution in [1.82, 2.24) is 0 Å². The molecule has 1 aromatic rings. The Balaban J connectivity index is 2.58. The second-order valence-corrected chi connectivity index (χ2v) is 3.55. The molecule has 0 heterocycles. The van der Waals surface area contributed by atoms with Crippen molar-refractivity contribution in [2.45, 2.75) is 13.3 Å². The van der Waals surface area contributed by atoms with Gasteiger partial charge in [0.25, 0.3) is 0 Å². The standard InChI is InChI=1S/C14H18FNO2/c1-2-17-9-4-10-18-14-7-6-13(15)11-12(14)5-3-8-16/h6-7,11H,2,4,8-10,16H2,1H3. The van der Waals surface area contributed by atoms with Crippen molar-refractivity contribution in [2.75, 3.05) is 26.4 Å². The monoisotopic (exact) mass is 251 g/mol. The van der Waals surface area contributed by atoms with Crippen molar-refractivity contribution in [3.63, 3.8) is 0 Å². The Bertz CT molecular complexity index is 424. The average Bonchev–Trinajstić information content (AvgIpc) is 2.38. The molecule has 0 amide bonds. The fraction of sp³-hybridized carbons (Fsp3) is 0.429. The van der Waals surface area contributed by atoms with Crippen molar-refractivity contribution in [3.8, 4) is 17.6 Å². The summed E-state index contributed by atoms with van der Waals surface area (Å²) in [7, 11) is 0. The summed E-state index contributed by atoms with van der Waals surface area (Å²) in [6.07, 6.45) is 0.787. The number of ether oxygens (including phenoxy) is 2. The highest BCUT2D eigenvalue weighted by Crippen LogP contribution is 2.18. The van der Waals surface area contributed by atoms with Crippen LogP contribution in [0.15, 0.2) is 18.2 Å². The van der Waals surface area contributed by atoms with Crippen LogP contribution in [0.25, 0.3) is 0 Å². The van der Waals surface area contributed by atoms with E-state index < -0.39 is 0 Å². The van der Waals surface area contributed by atoms with Crippen LogP contribution in [0.3, 0.4) is 0 Å². The molecule has 0 aliphatic heterocycles. The molecule has 0 saturated carbocycles. The van der Waals surface area contributed by atoms with Gasteiger partial charge < -0.3 is 15.2 Å². The first-order chi connectivity index (χ1) is 8.77. The zero-order chi connectivity index (χ0) is 13.2. The molecule has 0 aromatic heterocycles. The number of nitrogens with two attached hydrogens (primary N) is 1.